The van der Waals surface area contributed by atoms with Crippen molar-refractivity contribution in [2.75, 3.05) is 26.7 Å². The summed E-state index contributed by atoms with van der Waals surface area (Å²) in [6.07, 6.45) is 11.5. The van der Waals surface area contributed by atoms with Gasteiger partial charge in [0, 0.05) is 31.6 Å². The second kappa shape index (κ2) is 10.4. The van der Waals surface area contributed by atoms with Gasteiger partial charge in [0.25, 0.3) is 5.56 Å². The van der Waals surface area contributed by atoms with Crippen molar-refractivity contribution < 1.29 is 9.53 Å². The van der Waals surface area contributed by atoms with E-state index in [1.54, 1.807) is 29.6 Å². The van der Waals surface area contributed by atoms with E-state index in [2.05, 4.69) is 10.4 Å². The average molecular weight is 480 g/mol. The first-order valence-corrected chi connectivity index (χ1v) is 13.1. The molecule has 2 fully saturated rings. The summed E-state index contributed by atoms with van der Waals surface area (Å²) in [7, 11) is 3.39. The van der Waals surface area contributed by atoms with Gasteiger partial charge in [-0.3, -0.25) is 14.3 Å². The summed E-state index contributed by atoms with van der Waals surface area (Å²) in [4.78, 5) is 28.5. The van der Waals surface area contributed by atoms with Crippen molar-refractivity contribution in [3.05, 3.63) is 34.7 Å². The predicted molar refractivity (Wildman–Crippen MR) is 138 cm³/mol. The van der Waals surface area contributed by atoms with E-state index in [0.717, 1.165) is 55.7 Å². The van der Waals surface area contributed by atoms with E-state index in [-0.39, 0.29) is 24.1 Å². The maximum atomic E-state index is 13.5. The summed E-state index contributed by atoms with van der Waals surface area (Å²) in [6, 6.07) is 5.86. The van der Waals surface area contributed by atoms with Gasteiger partial charge < -0.3 is 19.5 Å². The number of aromatic nitrogens is 3. The Morgan fingerprint density at radius 3 is 2.69 bits per heavy atom. The van der Waals surface area contributed by atoms with Crippen LogP contribution in [-0.4, -0.2) is 57.9 Å². The number of nitrogens with zero attached hydrogens (tertiary/aromatic N) is 4. The van der Waals surface area contributed by atoms with Crippen LogP contribution in [0.25, 0.3) is 21.8 Å². The molecule has 35 heavy (non-hydrogen) atoms. The highest BCUT2D eigenvalue weighted by Crippen LogP contribution is 2.27. The quantitative estimate of drug-likeness (QED) is 0.561. The zero-order chi connectivity index (χ0) is 24.4. The number of fused-ring (bicyclic) bond motifs is 3. The molecule has 0 spiro atoms. The second-order valence-corrected chi connectivity index (χ2v) is 10.2. The largest absolute Gasteiger partial charge is 0.497 e. The van der Waals surface area contributed by atoms with E-state index < -0.39 is 0 Å². The molecule has 0 bridgehead atoms. The summed E-state index contributed by atoms with van der Waals surface area (Å²) in [5.41, 5.74) is 1.37. The molecule has 1 amide bonds. The molecule has 1 unspecified atom stereocenters. The zero-order valence-electron chi connectivity index (χ0n) is 21.0. The van der Waals surface area contributed by atoms with Gasteiger partial charge in [0.05, 0.1) is 29.7 Å². The van der Waals surface area contributed by atoms with Gasteiger partial charge in [-0.2, -0.15) is 5.10 Å². The van der Waals surface area contributed by atoms with Crippen LogP contribution in [0.5, 0.6) is 5.75 Å². The highest BCUT2D eigenvalue weighted by Gasteiger charge is 2.28. The van der Waals surface area contributed by atoms with Gasteiger partial charge in [0.15, 0.2) is 0 Å². The zero-order valence-corrected chi connectivity index (χ0v) is 21.0. The van der Waals surface area contributed by atoms with Crippen LogP contribution in [0.2, 0.25) is 0 Å². The number of likely N-dealkylation sites (tertiary alicyclic amines) is 1. The van der Waals surface area contributed by atoms with Gasteiger partial charge in [-0.15, -0.1) is 0 Å². The number of methoxy groups -OCH3 is 1. The summed E-state index contributed by atoms with van der Waals surface area (Å²) in [6.45, 7) is 2.81. The van der Waals surface area contributed by atoms with E-state index in [0.29, 0.717) is 16.7 Å². The normalized spacial score (nSPS) is 19.5. The van der Waals surface area contributed by atoms with Gasteiger partial charge in [-0.05, 0) is 62.8 Å². The molecule has 1 saturated carbocycles. The molecule has 1 atom stereocenters. The van der Waals surface area contributed by atoms with Crippen LogP contribution in [0, 0.1) is 5.92 Å². The minimum atomic E-state index is -0.112. The number of hydrogen-bond donors (Lipinski definition) is 1. The number of pyridine rings is 1. The molecule has 188 valence electrons. The predicted octanol–water partition coefficient (Wildman–Crippen LogP) is 3.45. The lowest BCUT2D eigenvalue weighted by atomic mass is 9.89. The Bertz CT molecular complexity index is 1260. The van der Waals surface area contributed by atoms with E-state index in [1.807, 2.05) is 23.1 Å². The topological polar surface area (TPSA) is 81.4 Å². The first-order chi connectivity index (χ1) is 17.1. The fourth-order valence-electron chi connectivity index (χ4n) is 5.97. The Labute approximate surface area is 206 Å². The molecule has 5 rings (SSSR count). The number of benzene rings is 1. The van der Waals surface area contributed by atoms with Crippen LogP contribution in [0.15, 0.2) is 29.2 Å². The first kappa shape index (κ1) is 23.9. The van der Waals surface area contributed by atoms with Crippen molar-refractivity contribution in [1.82, 2.24) is 24.6 Å². The Hall–Kier alpha value is -2.87. The maximum Gasteiger partial charge on any atom is 0.261 e. The minimum Gasteiger partial charge on any atom is -0.497 e. The fourth-order valence-corrected chi connectivity index (χ4v) is 5.97. The molecule has 3 aromatic rings. The first-order valence-electron chi connectivity index (χ1n) is 13.1. The molecule has 2 aromatic heterocycles. The lowest BCUT2D eigenvalue weighted by Gasteiger charge is -2.36. The molecule has 1 saturated heterocycles. The number of hydrogen-bond acceptors (Lipinski definition) is 5. The number of rotatable bonds is 7. The SMILES string of the molecule is COc1ccc2c(c1)c1c(cnn1CC(=O)N1CCCCC1CNCC1CCCCC1)c(=O)n2C. The van der Waals surface area contributed by atoms with Gasteiger partial charge in [0.2, 0.25) is 5.91 Å². The van der Waals surface area contributed by atoms with Gasteiger partial charge >= 0.3 is 0 Å². The summed E-state index contributed by atoms with van der Waals surface area (Å²) in [5, 5.41) is 9.54. The van der Waals surface area contributed by atoms with Crippen molar-refractivity contribution in [3.8, 4) is 5.75 Å². The van der Waals surface area contributed by atoms with Crippen LogP contribution >= 0.6 is 0 Å². The highest BCUT2D eigenvalue weighted by molar-refractivity contribution is 6.04. The Balaban J connectivity index is 1.36. The lowest BCUT2D eigenvalue weighted by molar-refractivity contribution is -0.135. The third kappa shape index (κ3) is 4.81. The van der Waals surface area contributed by atoms with Gasteiger partial charge in [-0.25, -0.2) is 0 Å². The second-order valence-electron chi connectivity index (χ2n) is 10.2. The molecule has 1 aliphatic heterocycles. The summed E-state index contributed by atoms with van der Waals surface area (Å²) < 4.78 is 8.76. The molecule has 8 heteroatoms. The average Bonchev–Trinajstić information content (AvgIpc) is 3.31. The van der Waals surface area contributed by atoms with Gasteiger partial charge in [0.1, 0.15) is 12.3 Å². The summed E-state index contributed by atoms with van der Waals surface area (Å²) >= 11 is 0. The number of aryl methyl sites for hydroxylation is 1. The Morgan fingerprint density at radius 2 is 1.89 bits per heavy atom. The fraction of sp³-hybridized carbons (Fsp3) is 0.593. The van der Waals surface area contributed by atoms with E-state index in [1.165, 1.54) is 32.1 Å². The monoisotopic (exact) mass is 479 g/mol. The number of nitrogens with one attached hydrogen (secondary N) is 1. The minimum absolute atomic E-state index is 0.0656. The Morgan fingerprint density at radius 1 is 1.09 bits per heavy atom. The molecule has 0 radical (unpaired) electrons. The molecule has 1 aromatic carbocycles. The van der Waals surface area contributed by atoms with Crippen LogP contribution in [0.3, 0.4) is 0 Å². The van der Waals surface area contributed by atoms with Crippen LogP contribution in [0.1, 0.15) is 51.4 Å². The molecule has 8 nitrogen and oxygen atoms in total. The van der Waals surface area contributed by atoms with Crippen molar-refractivity contribution in [2.24, 2.45) is 13.0 Å². The van der Waals surface area contributed by atoms with E-state index in [9.17, 15) is 9.59 Å². The van der Waals surface area contributed by atoms with E-state index in [4.69, 9.17) is 4.74 Å². The van der Waals surface area contributed by atoms with Crippen molar-refractivity contribution in [1.29, 1.82) is 0 Å². The molecule has 1 aliphatic carbocycles. The van der Waals surface area contributed by atoms with Crippen molar-refractivity contribution >= 4 is 27.7 Å². The number of piperidine rings is 1. The molecular weight excluding hydrogens is 442 g/mol. The summed E-state index contributed by atoms with van der Waals surface area (Å²) in [5.74, 6) is 1.55. The number of carbonyl (C=O) groups excluding carboxylic acids is 1. The Kier molecular flexibility index (Phi) is 7.09. The molecule has 1 N–H and O–H groups in total. The van der Waals surface area contributed by atoms with Crippen molar-refractivity contribution in [3.63, 3.8) is 0 Å². The van der Waals surface area contributed by atoms with Gasteiger partial charge in [-0.1, -0.05) is 19.3 Å². The molecule has 2 aliphatic rings. The maximum absolute atomic E-state index is 13.5. The number of amides is 1. The van der Waals surface area contributed by atoms with E-state index >= 15 is 0 Å². The smallest absolute Gasteiger partial charge is 0.261 e. The van der Waals surface area contributed by atoms with Crippen molar-refractivity contribution in [2.45, 2.75) is 64.0 Å². The van der Waals surface area contributed by atoms with Crippen LogP contribution < -0.4 is 15.6 Å². The standard InChI is InChI=1S/C27H37N5O3/c1-30-24-12-11-21(35-2)14-22(24)26-23(27(30)34)17-29-32(26)18-25(33)31-13-7-6-10-20(31)16-28-15-19-8-4-3-5-9-19/h11-12,14,17,19-20,28H,3-10,13,15-16,18H2,1-2H3. The van der Waals surface area contributed by atoms with Crippen LogP contribution in [0.4, 0.5) is 0 Å². The van der Waals surface area contributed by atoms with Crippen LogP contribution in [-0.2, 0) is 18.4 Å². The third-order valence-corrected chi connectivity index (χ3v) is 7.96. The number of carbonyl (C=O) groups is 1. The molecular formula is C27H37N5O3. The molecule has 3 heterocycles. The highest BCUT2D eigenvalue weighted by atomic mass is 16.5. The third-order valence-electron chi connectivity index (χ3n) is 7.96. The number of ether oxygens (including phenoxy) is 1. The lowest BCUT2D eigenvalue weighted by Crippen LogP contribution is -2.50.